The summed E-state index contributed by atoms with van der Waals surface area (Å²) in [4.78, 5) is 26.5. The lowest BCUT2D eigenvalue weighted by molar-refractivity contribution is -0.135. The fraction of sp³-hybridized carbons (Fsp3) is 0.312. The first-order valence-electron chi connectivity index (χ1n) is 7.48. The average molecular weight is 369 g/mol. The highest BCUT2D eigenvalue weighted by molar-refractivity contribution is 6.29. The molecule has 1 aliphatic heterocycles. The number of carbonyl (C=O) groups is 2. The van der Waals surface area contributed by atoms with Gasteiger partial charge in [0.1, 0.15) is 17.6 Å². The largest absolute Gasteiger partial charge is 0.344 e. The van der Waals surface area contributed by atoms with Gasteiger partial charge in [0.25, 0.3) is 0 Å². The number of halogens is 3. The Morgan fingerprint density at radius 1 is 1.32 bits per heavy atom. The lowest BCUT2D eigenvalue weighted by Crippen LogP contribution is -2.33. The molecule has 1 aliphatic rings. The van der Waals surface area contributed by atoms with Gasteiger partial charge in [0.05, 0.1) is 5.69 Å². The zero-order valence-electron chi connectivity index (χ0n) is 13.5. The number of benzene rings is 1. The van der Waals surface area contributed by atoms with E-state index in [0.717, 1.165) is 12.1 Å². The first-order chi connectivity index (χ1) is 11.8. The van der Waals surface area contributed by atoms with Gasteiger partial charge in [-0.2, -0.15) is 5.10 Å². The van der Waals surface area contributed by atoms with Crippen molar-refractivity contribution in [1.82, 2.24) is 14.7 Å². The van der Waals surface area contributed by atoms with Crippen LogP contribution in [0.25, 0.3) is 0 Å². The van der Waals surface area contributed by atoms with Gasteiger partial charge in [0, 0.05) is 38.3 Å². The minimum absolute atomic E-state index is 0.185. The molecule has 1 aromatic carbocycles. The van der Waals surface area contributed by atoms with Crippen molar-refractivity contribution < 1.29 is 18.4 Å². The van der Waals surface area contributed by atoms with Gasteiger partial charge in [0.2, 0.25) is 11.8 Å². The maximum Gasteiger partial charge on any atom is 0.237 e. The fourth-order valence-corrected chi connectivity index (χ4v) is 3.28. The summed E-state index contributed by atoms with van der Waals surface area (Å²) in [5, 5.41) is 6.64. The van der Waals surface area contributed by atoms with Crippen LogP contribution in [0.5, 0.6) is 0 Å². The lowest BCUT2D eigenvalue weighted by atomic mass is 9.91. The Kier molecular flexibility index (Phi) is 4.47. The third-order valence-corrected chi connectivity index (χ3v) is 4.44. The first kappa shape index (κ1) is 17.3. The van der Waals surface area contributed by atoms with Gasteiger partial charge < -0.3 is 10.2 Å². The number of nitrogens with zero attached hydrogens (tertiary/aromatic N) is 3. The summed E-state index contributed by atoms with van der Waals surface area (Å²) in [6, 6.07) is 4.40. The molecule has 6 nitrogen and oxygen atoms in total. The van der Waals surface area contributed by atoms with Crippen LogP contribution >= 0.6 is 11.6 Å². The Balaban J connectivity index is 1.90. The molecule has 0 aliphatic carbocycles. The minimum atomic E-state index is -1.05. The molecule has 1 fully saturated rings. The van der Waals surface area contributed by atoms with Crippen molar-refractivity contribution in [3.8, 4) is 0 Å². The number of amides is 2. The van der Waals surface area contributed by atoms with Crippen LogP contribution in [0.4, 0.5) is 14.5 Å². The SMILES string of the molecule is CN1CC(c2cc(Cl)nn2C)C(C(=O)Nc2ccc(F)cc2F)C1=O. The van der Waals surface area contributed by atoms with Crippen LogP contribution in [0.15, 0.2) is 24.3 Å². The smallest absolute Gasteiger partial charge is 0.237 e. The molecule has 1 N–H and O–H groups in total. The number of likely N-dealkylation sites (N-methyl/N-ethyl adjacent to an activating group) is 1. The van der Waals surface area contributed by atoms with Crippen LogP contribution in [0, 0.1) is 17.6 Å². The van der Waals surface area contributed by atoms with Crippen LogP contribution in [-0.4, -0.2) is 40.1 Å². The van der Waals surface area contributed by atoms with E-state index >= 15 is 0 Å². The summed E-state index contributed by atoms with van der Waals surface area (Å²) in [5.74, 6) is -4.25. The van der Waals surface area contributed by atoms with Crippen LogP contribution < -0.4 is 5.32 Å². The zero-order valence-corrected chi connectivity index (χ0v) is 14.2. The molecule has 2 heterocycles. The van der Waals surface area contributed by atoms with E-state index in [1.807, 2.05) is 0 Å². The molecule has 0 bridgehead atoms. The molecule has 0 spiro atoms. The number of rotatable bonds is 3. The molecule has 1 aromatic heterocycles. The first-order valence-corrected chi connectivity index (χ1v) is 7.86. The second kappa shape index (κ2) is 6.44. The second-order valence-corrected chi connectivity index (χ2v) is 6.32. The van der Waals surface area contributed by atoms with Crippen molar-refractivity contribution >= 4 is 29.1 Å². The van der Waals surface area contributed by atoms with Crippen molar-refractivity contribution in [2.75, 3.05) is 18.9 Å². The number of hydrogen-bond acceptors (Lipinski definition) is 3. The standard InChI is InChI=1S/C16H15ClF2N4O2/c1-22-7-9(12-6-13(17)21-23(12)2)14(16(22)25)15(24)20-11-4-3-8(18)5-10(11)19/h3-6,9,14H,7H2,1-2H3,(H,20,24). The molecule has 9 heteroatoms. The van der Waals surface area contributed by atoms with E-state index in [2.05, 4.69) is 10.4 Å². The molecule has 0 saturated carbocycles. The predicted octanol–water partition coefficient (Wildman–Crippen LogP) is 2.16. The van der Waals surface area contributed by atoms with Crippen LogP contribution in [0.3, 0.4) is 0 Å². The van der Waals surface area contributed by atoms with E-state index in [9.17, 15) is 18.4 Å². The highest BCUT2D eigenvalue weighted by Gasteiger charge is 2.45. The Hall–Kier alpha value is -2.48. The monoisotopic (exact) mass is 368 g/mol. The molecular weight excluding hydrogens is 354 g/mol. The number of anilines is 1. The van der Waals surface area contributed by atoms with Gasteiger partial charge in [-0.25, -0.2) is 8.78 Å². The van der Waals surface area contributed by atoms with E-state index in [4.69, 9.17) is 11.6 Å². The lowest BCUT2D eigenvalue weighted by Gasteiger charge is -2.17. The molecular formula is C16H15ClF2N4O2. The van der Waals surface area contributed by atoms with Crippen molar-refractivity contribution in [1.29, 1.82) is 0 Å². The molecule has 2 atom stereocenters. The predicted molar refractivity (Wildman–Crippen MR) is 87.1 cm³/mol. The van der Waals surface area contributed by atoms with Crippen molar-refractivity contribution in [3.63, 3.8) is 0 Å². The van der Waals surface area contributed by atoms with Gasteiger partial charge in [0.15, 0.2) is 5.15 Å². The minimum Gasteiger partial charge on any atom is -0.344 e. The molecule has 25 heavy (non-hydrogen) atoms. The molecule has 2 unspecified atom stereocenters. The number of likely N-dealkylation sites (tertiary alicyclic amines) is 1. The normalized spacial score (nSPS) is 20.2. The Labute approximate surface area is 147 Å². The van der Waals surface area contributed by atoms with E-state index in [-0.39, 0.29) is 16.7 Å². The fourth-order valence-electron chi connectivity index (χ4n) is 3.05. The summed E-state index contributed by atoms with van der Waals surface area (Å²) in [6.07, 6.45) is 0. The maximum absolute atomic E-state index is 13.8. The van der Waals surface area contributed by atoms with Crippen LogP contribution in [-0.2, 0) is 16.6 Å². The summed E-state index contributed by atoms with van der Waals surface area (Å²) in [5.41, 5.74) is 0.443. The van der Waals surface area contributed by atoms with Gasteiger partial charge in [-0.15, -0.1) is 0 Å². The molecule has 1 saturated heterocycles. The Morgan fingerprint density at radius 2 is 2.04 bits per heavy atom. The number of carbonyl (C=O) groups excluding carboxylic acids is 2. The maximum atomic E-state index is 13.8. The van der Waals surface area contributed by atoms with E-state index in [0.29, 0.717) is 18.3 Å². The zero-order chi connectivity index (χ0) is 18.3. The summed E-state index contributed by atoms with van der Waals surface area (Å²) in [6.45, 7) is 0.304. The molecule has 2 amide bonds. The summed E-state index contributed by atoms with van der Waals surface area (Å²) < 4.78 is 28.3. The van der Waals surface area contributed by atoms with Gasteiger partial charge in [-0.3, -0.25) is 14.3 Å². The highest BCUT2D eigenvalue weighted by Crippen LogP contribution is 2.34. The second-order valence-electron chi connectivity index (χ2n) is 5.93. The number of nitrogens with one attached hydrogen (secondary N) is 1. The molecule has 2 aromatic rings. The van der Waals surface area contributed by atoms with Crippen molar-refractivity contribution in [2.24, 2.45) is 13.0 Å². The molecule has 132 valence electrons. The molecule has 3 rings (SSSR count). The quantitative estimate of drug-likeness (QED) is 0.844. The van der Waals surface area contributed by atoms with E-state index in [1.54, 1.807) is 20.2 Å². The Bertz CT molecular complexity index is 855. The topological polar surface area (TPSA) is 67.2 Å². The summed E-state index contributed by atoms with van der Waals surface area (Å²) >= 11 is 5.89. The van der Waals surface area contributed by atoms with Gasteiger partial charge in [-0.05, 0) is 18.2 Å². The van der Waals surface area contributed by atoms with Crippen molar-refractivity contribution in [3.05, 3.63) is 46.7 Å². The number of aromatic nitrogens is 2. The summed E-state index contributed by atoms with van der Waals surface area (Å²) in [7, 11) is 3.25. The number of hydrogen-bond donors (Lipinski definition) is 1. The van der Waals surface area contributed by atoms with Gasteiger partial charge in [-0.1, -0.05) is 11.6 Å². The molecule has 0 radical (unpaired) electrons. The average Bonchev–Trinajstić information content (AvgIpc) is 3.01. The van der Waals surface area contributed by atoms with E-state index < -0.39 is 29.4 Å². The van der Waals surface area contributed by atoms with E-state index in [1.165, 1.54) is 9.58 Å². The third kappa shape index (κ3) is 3.21. The third-order valence-electron chi connectivity index (χ3n) is 4.25. The highest BCUT2D eigenvalue weighted by atomic mass is 35.5. The van der Waals surface area contributed by atoms with Crippen LogP contribution in [0.1, 0.15) is 11.6 Å². The Morgan fingerprint density at radius 3 is 2.64 bits per heavy atom. The number of aryl methyl sites for hydroxylation is 1. The van der Waals surface area contributed by atoms with Crippen LogP contribution in [0.2, 0.25) is 5.15 Å². The van der Waals surface area contributed by atoms with Gasteiger partial charge >= 0.3 is 0 Å². The van der Waals surface area contributed by atoms with Crippen molar-refractivity contribution in [2.45, 2.75) is 5.92 Å².